The molecule has 6 heteroatoms. The fourth-order valence-electron chi connectivity index (χ4n) is 4.88. The lowest BCUT2D eigenvalue weighted by Gasteiger charge is -2.50. The van der Waals surface area contributed by atoms with E-state index in [1.165, 1.54) is 7.11 Å². The highest BCUT2D eigenvalue weighted by atomic mass is 16.7. The van der Waals surface area contributed by atoms with E-state index >= 15 is 0 Å². The van der Waals surface area contributed by atoms with Gasteiger partial charge in [0.15, 0.2) is 6.29 Å². The first kappa shape index (κ1) is 26.0. The van der Waals surface area contributed by atoms with Crippen LogP contribution in [0.2, 0.25) is 0 Å². The number of benzene rings is 3. The number of methoxy groups -OCH3 is 1. The van der Waals surface area contributed by atoms with E-state index in [2.05, 4.69) is 0 Å². The van der Waals surface area contributed by atoms with Crippen molar-refractivity contribution >= 4 is 6.29 Å². The monoisotopic (exact) mass is 490 g/mol. The summed E-state index contributed by atoms with van der Waals surface area (Å²) in [4.78, 5) is 11.7. The van der Waals surface area contributed by atoms with Crippen molar-refractivity contribution in [3.05, 3.63) is 101 Å². The molecule has 0 spiro atoms. The largest absolute Gasteiger partial charge is 0.496 e. The Bertz CT molecular complexity index is 1120. The average molecular weight is 491 g/mol. The first-order valence-corrected chi connectivity index (χ1v) is 12.3. The fraction of sp³-hybridized carbons (Fsp3) is 0.367. The van der Waals surface area contributed by atoms with E-state index in [9.17, 15) is 9.90 Å². The van der Waals surface area contributed by atoms with Crippen LogP contribution >= 0.6 is 0 Å². The van der Waals surface area contributed by atoms with Gasteiger partial charge in [0, 0.05) is 11.5 Å². The minimum absolute atomic E-state index is 0.220. The second-order valence-corrected chi connectivity index (χ2v) is 9.17. The van der Waals surface area contributed by atoms with E-state index in [-0.39, 0.29) is 18.1 Å². The fourth-order valence-corrected chi connectivity index (χ4v) is 4.88. The average Bonchev–Trinajstić information content (AvgIpc) is 2.92. The van der Waals surface area contributed by atoms with E-state index in [0.717, 1.165) is 11.1 Å². The molecule has 0 bridgehead atoms. The zero-order valence-corrected chi connectivity index (χ0v) is 21.0. The maximum absolute atomic E-state index is 12.1. The second kappa shape index (κ2) is 11.8. The number of carbonyl (C=O) groups is 1. The highest BCUT2D eigenvalue weighted by Gasteiger charge is 2.54. The van der Waals surface area contributed by atoms with E-state index in [1.54, 1.807) is 18.2 Å². The Balaban J connectivity index is 1.67. The zero-order chi connectivity index (χ0) is 25.5. The van der Waals surface area contributed by atoms with Crippen molar-refractivity contribution in [1.29, 1.82) is 0 Å². The normalized spacial score (nSPS) is 25.9. The van der Waals surface area contributed by atoms with Crippen LogP contribution in [0.3, 0.4) is 0 Å². The number of hydrogen-bond donors (Lipinski definition) is 1. The molecule has 190 valence electrons. The van der Waals surface area contributed by atoms with Gasteiger partial charge in [0.1, 0.15) is 11.9 Å². The van der Waals surface area contributed by atoms with Crippen molar-refractivity contribution in [2.45, 2.75) is 57.6 Å². The van der Waals surface area contributed by atoms with Gasteiger partial charge >= 0.3 is 0 Å². The summed E-state index contributed by atoms with van der Waals surface area (Å²) in [6.07, 6.45) is -0.101. The van der Waals surface area contributed by atoms with E-state index < -0.39 is 11.9 Å². The lowest BCUT2D eigenvalue weighted by molar-refractivity contribution is -0.359. The van der Waals surface area contributed by atoms with Gasteiger partial charge in [0.05, 0.1) is 38.1 Å². The van der Waals surface area contributed by atoms with Crippen LogP contribution in [0.5, 0.6) is 5.75 Å². The van der Waals surface area contributed by atoms with Gasteiger partial charge in [0.2, 0.25) is 5.79 Å². The summed E-state index contributed by atoms with van der Waals surface area (Å²) in [6.45, 7) is 4.75. The van der Waals surface area contributed by atoms with Crippen molar-refractivity contribution < 1.29 is 28.8 Å². The van der Waals surface area contributed by atoms with Crippen LogP contribution < -0.4 is 4.74 Å². The molecule has 36 heavy (non-hydrogen) atoms. The molecule has 3 aromatic carbocycles. The summed E-state index contributed by atoms with van der Waals surface area (Å²) in [6, 6.07) is 24.8. The van der Waals surface area contributed by atoms with Gasteiger partial charge in [-0.2, -0.15) is 0 Å². The van der Waals surface area contributed by atoms with E-state index in [0.29, 0.717) is 42.8 Å². The SMILES string of the molecule is CC[C@H]1OC(O)(c2ccc(OC)c(C=O)c2)[C@H](OCc2ccccc2)[C@@H](C)[C@@H]1OCc1ccccc1. The van der Waals surface area contributed by atoms with Gasteiger partial charge in [-0.1, -0.05) is 74.5 Å². The first-order valence-electron chi connectivity index (χ1n) is 12.3. The molecule has 3 aromatic rings. The Kier molecular flexibility index (Phi) is 8.54. The van der Waals surface area contributed by atoms with Crippen molar-refractivity contribution in [1.82, 2.24) is 0 Å². The van der Waals surface area contributed by atoms with Gasteiger partial charge < -0.3 is 24.1 Å². The van der Waals surface area contributed by atoms with E-state index in [1.807, 2.05) is 74.5 Å². The number of rotatable bonds is 10. The quantitative estimate of drug-likeness (QED) is 0.391. The van der Waals surface area contributed by atoms with Crippen LogP contribution in [0.15, 0.2) is 78.9 Å². The molecule has 1 N–H and O–H groups in total. The molecule has 1 unspecified atom stereocenters. The molecule has 0 aromatic heterocycles. The highest BCUT2D eigenvalue weighted by molar-refractivity contribution is 5.79. The summed E-state index contributed by atoms with van der Waals surface area (Å²) in [5, 5.41) is 12.1. The Morgan fingerprint density at radius 2 is 1.56 bits per heavy atom. The molecule has 1 saturated heterocycles. The second-order valence-electron chi connectivity index (χ2n) is 9.17. The molecule has 1 aliphatic rings. The van der Waals surface area contributed by atoms with Gasteiger partial charge in [-0.3, -0.25) is 4.79 Å². The predicted molar refractivity (Wildman–Crippen MR) is 137 cm³/mol. The minimum atomic E-state index is -1.79. The molecule has 0 radical (unpaired) electrons. The smallest absolute Gasteiger partial charge is 0.220 e. The molecule has 0 aliphatic carbocycles. The highest BCUT2D eigenvalue weighted by Crippen LogP contribution is 2.44. The van der Waals surface area contributed by atoms with Crippen molar-refractivity contribution in [2.24, 2.45) is 5.92 Å². The summed E-state index contributed by atoms with van der Waals surface area (Å²) < 4.78 is 24.5. The van der Waals surface area contributed by atoms with Gasteiger partial charge in [-0.25, -0.2) is 0 Å². The zero-order valence-electron chi connectivity index (χ0n) is 21.0. The molecule has 5 atom stereocenters. The minimum Gasteiger partial charge on any atom is -0.496 e. The first-order chi connectivity index (χ1) is 17.5. The van der Waals surface area contributed by atoms with E-state index in [4.69, 9.17) is 18.9 Å². The maximum Gasteiger partial charge on any atom is 0.220 e. The number of aldehydes is 1. The van der Waals surface area contributed by atoms with Crippen molar-refractivity contribution in [2.75, 3.05) is 7.11 Å². The van der Waals surface area contributed by atoms with Crippen LogP contribution in [0.1, 0.15) is 47.3 Å². The van der Waals surface area contributed by atoms with Gasteiger partial charge in [-0.15, -0.1) is 0 Å². The van der Waals surface area contributed by atoms with Crippen molar-refractivity contribution in [3.8, 4) is 5.75 Å². The van der Waals surface area contributed by atoms with Crippen molar-refractivity contribution in [3.63, 3.8) is 0 Å². The third kappa shape index (κ3) is 5.52. The van der Waals surface area contributed by atoms with Gasteiger partial charge in [-0.05, 0) is 35.7 Å². The lowest BCUT2D eigenvalue weighted by Crippen LogP contribution is -2.60. The van der Waals surface area contributed by atoms with Crippen LogP contribution in [0, 0.1) is 5.92 Å². The molecule has 1 fully saturated rings. The van der Waals surface area contributed by atoms with Gasteiger partial charge in [0.25, 0.3) is 0 Å². The molecule has 0 saturated carbocycles. The molecular weight excluding hydrogens is 456 g/mol. The number of aliphatic hydroxyl groups is 1. The van der Waals surface area contributed by atoms with Crippen LogP contribution in [-0.2, 0) is 33.2 Å². The maximum atomic E-state index is 12.1. The Morgan fingerprint density at radius 1 is 0.944 bits per heavy atom. The molecule has 1 heterocycles. The molecule has 6 nitrogen and oxygen atoms in total. The lowest BCUT2D eigenvalue weighted by atomic mass is 9.81. The Hall–Kier alpha value is -3.03. The Morgan fingerprint density at radius 3 is 2.11 bits per heavy atom. The van der Waals surface area contributed by atoms with Crippen LogP contribution in [0.4, 0.5) is 0 Å². The molecule has 4 rings (SSSR count). The number of hydrogen-bond acceptors (Lipinski definition) is 6. The summed E-state index contributed by atoms with van der Waals surface area (Å²) in [7, 11) is 1.50. The predicted octanol–water partition coefficient (Wildman–Crippen LogP) is 5.27. The molecule has 0 amide bonds. The molecule has 1 aliphatic heterocycles. The van der Waals surface area contributed by atoms with Crippen LogP contribution in [0.25, 0.3) is 0 Å². The topological polar surface area (TPSA) is 74.2 Å². The standard InChI is InChI=1S/C30H34O6/c1-4-26-28(34-19-22-11-7-5-8-12-22)21(2)29(35-20-23-13-9-6-10-14-23)30(32,36-26)25-15-16-27(33-3)24(17-25)18-31/h5-18,21,26,28-29,32H,4,19-20H2,1-3H3/t21-,26+,28-,29+,30?/m0/s1. The third-order valence-corrected chi connectivity index (χ3v) is 6.81. The number of carbonyl (C=O) groups excluding carboxylic acids is 1. The summed E-state index contributed by atoms with van der Waals surface area (Å²) in [5.41, 5.74) is 2.81. The Labute approximate surface area is 212 Å². The van der Waals surface area contributed by atoms with Crippen LogP contribution in [-0.4, -0.2) is 36.8 Å². The molecular formula is C30H34O6. The third-order valence-electron chi connectivity index (χ3n) is 6.81. The number of ether oxygens (including phenoxy) is 4. The summed E-state index contributed by atoms with van der Waals surface area (Å²) >= 11 is 0. The summed E-state index contributed by atoms with van der Waals surface area (Å²) in [5.74, 6) is -1.58.